The first-order chi connectivity index (χ1) is 9.13. The van der Waals surface area contributed by atoms with Gasteiger partial charge in [-0.3, -0.25) is 4.79 Å². The molecule has 0 aliphatic carbocycles. The Bertz CT molecular complexity index is 569. The molecule has 100 valence electrons. The molecule has 0 spiro atoms. The summed E-state index contributed by atoms with van der Waals surface area (Å²) in [5, 5.41) is 5.32. The Morgan fingerprint density at radius 3 is 2.47 bits per heavy atom. The highest BCUT2D eigenvalue weighted by Crippen LogP contribution is 2.25. The third kappa shape index (κ3) is 2.95. The van der Waals surface area contributed by atoms with Crippen molar-refractivity contribution in [2.24, 2.45) is 11.8 Å². The van der Waals surface area contributed by atoms with Crippen LogP contribution in [0.4, 0.5) is 5.69 Å². The second kappa shape index (κ2) is 5.87. The highest BCUT2D eigenvalue weighted by Gasteiger charge is 2.20. The number of carbonyl (C=O) groups is 1. The fraction of sp³-hybridized carbons (Fsp3) is 0.353. The largest absolute Gasteiger partial charge is 0.325 e. The lowest BCUT2D eigenvalue weighted by Crippen LogP contribution is -2.26. The van der Waals surface area contributed by atoms with Crippen molar-refractivity contribution in [3.8, 4) is 0 Å². The van der Waals surface area contributed by atoms with Gasteiger partial charge in [-0.05, 0) is 23.8 Å². The van der Waals surface area contributed by atoms with Gasteiger partial charge in [0.05, 0.1) is 0 Å². The number of rotatable bonds is 4. The second-order valence-corrected chi connectivity index (χ2v) is 5.27. The van der Waals surface area contributed by atoms with Gasteiger partial charge < -0.3 is 5.32 Å². The molecule has 1 amide bonds. The minimum Gasteiger partial charge on any atom is -0.325 e. The highest BCUT2D eigenvalue weighted by atomic mass is 16.1. The summed E-state index contributed by atoms with van der Waals surface area (Å²) in [6.45, 7) is 6.25. The van der Waals surface area contributed by atoms with Gasteiger partial charge in [0.2, 0.25) is 5.91 Å². The maximum Gasteiger partial charge on any atom is 0.227 e. The Hall–Kier alpha value is -1.83. The summed E-state index contributed by atoms with van der Waals surface area (Å²) in [6.07, 6.45) is 0.869. The van der Waals surface area contributed by atoms with Crippen LogP contribution >= 0.6 is 0 Å². The summed E-state index contributed by atoms with van der Waals surface area (Å²) < 4.78 is 0. The maximum absolute atomic E-state index is 12.3. The van der Waals surface area contributed by atoms with Crippen molar-refractivity contribution < 1.29 is 4.79 Å². The van der Waals surface area contributed by atoms with E-state index >= 15 is 0 Å². The molecule has 2 heteroatoms. The Balaban J connectivity index is 2.29. The standard InChI is InChI=1S/C17H21NO/c1-4-14(12(2)3)17(19)18-16-11-7-9-13-8-5-6-10-15(13)16/h5-12,14H,4H2,1-3H3,(H,18,19). The number of benzene rings is 2. The normalized spacial score (nSPS) is 12.6. The molecule has 1 N–H and O–H groups in total. The average Bonchev–Trinajstić information content (AvgIpc) is 2.39. The monoisotopic (exact) mass is 255 g/mol. The third-order valence-electron chi connectivity index (χ3n) is 3.63. The van der Waals surface area contributed by atoms with Gasteiger partial charge in [0.15, 0.2) is 0 Å². The molecule has 0 heterocycles. The zero-order valence-corrected chi connectivity index (χ0v) is 11.8. The van der Waals surface area contributed by atoms with Crippen molar-refractivity contribution >= 4 is 22.4 Å². The molecule has 0 aliphatic heterocycles. The fourth-order valence-electron chi connectivity index (χ4n) is 2.52. The first-order valence-electron chi connectivity index (χ1n) is 6.92. The quantitative estimate of drug-likeness (QED) is 0.858. The lowest BCUT2D eigenvalue weighted by Gasteiger charge is -2.19. The summed E-state index contributed by atoms with van der Waals surface area (Å²) in [5.41, 5.74) is 0.905. The molecule has 1 atom stereocenters. The molecule has 0 aliphatic rings. The van der Waals surface area contributed by atoms with Crippen LogP contribution in [0.1, 0.15) is 27.2 Å². The highest BCUT2D eigenvalue weighted by molar-refractivity contribution is 6.02. The first-order valence-corrected chi connectivity index (χ1v) is 6.92. The maximum atomic E-state index is 12.3. The van der Waals surface area contributed by atoms with E-state index in [0.29, 0.717) is 5.92 Å². The van der Waals surface area contributed by atoms with E-state index < -0.39 is 0 Å². The van der Waals surface area contributed by atoms with E-state index in [2.05, 4.69) is 38.2 Å². The zero-order chi connectivity index (χ0) is 13.8. The molecule has 0 aromatic heterocycles. The number of carbonyl (C=O) groups excluding carboxylic acids is 1. The molecule has 2 aromatic carbocycles. The van der Waals surface area contributed by atoms with Crippen LogP contribution in [0.15, 0.2) is 42.5 Å². The second-order valence-electron chi connectivity index (χ2n) is 5.27. The molecule has 2 aromatic rings. The van der Waals surface area contributed by atoms with E-state index in [1.54, 1.807) is 0 Å². The van der Waals surface area contributed by atoms with E-state index in [4.69, 9.17) is 0 Å². The van der Waals surface area contributed by atoms with Crippen LogP contribution in [0, 0.1) is 11.8 Å². The molecular weight excluding hydrogens is 234 g/mol. The van der Waals surface area contributed by atoms with Crippen molar-refractivity contribution in [3.63, 3.8) is 0 Å². The van der Waals surface area contributed by atoms with Crippen LogP contribution in [-0.4, -0.2) is 5.91 Å². The molecule has 2 rings (SSSR count). The molecule has 0 saturated carbocycles. The van der Waals surface area contributed by atoms with Gasteiger partial charge in [0.25, 0.3) is 0 Å². The van der Waals surface area contributed by atoms with Gasteiger partial charge in [-0.1, -0.05) is 57.2 Å². The lowest BCUT2D eigenvalue weighted by atomic mass is 9.92. The molecule has 0 fully saturated rings. The Morgan fingerprint density at radius 2 is 1.79 bits per heavy atom. The minimum atomic E-state index is 0.0685. The van der Waals surface area contributed by atoms with Crippen molar-refractivity contribution in [2.45, 2.75) is 27.2 Å². The summed E-state index contributed by atoms with van der Waals surface area (Å²) in [4.78, 5) is 12.3. The first kappa shape index (κ1) is 13.6. The van der Waals surface area contributed by atoms with Gasteiger partial charge in [-0.25, -0.2) is 0 Å². The minimum absolute atomic E-state index is 0.0685. The summed E-state index contributed by atoms with van der Waals surface area (Å²) in [6, 6.07) is 14.1. The van der Waals surface area contributed by atoms with Crippen molar-refractivity contribution in [3.05, 3.63) is 42.5 Å². The topological polar surface area (TPSA) is 29.1 Å². The smallest absolute Gasteiger partial charge is 0.227 e. The molecule has 0 bridgehead atoms. The van der Waals surface area contributed by atoms with Crippen molar-refractivity contribution in [1.82, 2.24) is 0 Å². The molecule has 2 nitrogen and oxygen atoms in total. The van der Waals surface area contributed by atoms with Gasteiger partial charge in [-0.2, -0.15) is 0 Å². The number of anilines is 1. The van der Waals surface area contributed by atoms with Crippen LogP contribution < -0.4 is 5.32 Å². The van der Waals surface area contributed by atoms with Crippen molar-refractivity contribution in [1.29, 1.82) is 0 Å². The van der Waals surface area contributed by atoms with E-state index in [1.807, 2.05) is 30.3 Å². The molecule has 0 saturated heterocycles. The third-order valence-corrected chi connectivity index (χ3v) is 3.63. The van der Waals surface area contributed by atoms with Crippen LogP contribution in [-0.2, 0) is 4.79 Å². The molecular formula is C17H21NO. The molecule has 1 unspecified atom stereocenters. The number of hydrogen-bond donors (Lipinski definition) is 1. The average molecular weight is 255 g/mol. The van der Waals surface area contributed by atoms with Crippen LogP contribution in [0.5, 0.6) is 0 Å². The summed E-state index contributed by atoms with van der Waals surface area (Å²) in [7, 11) is 0. The number of fused-ring (bicyclic) bond motifs is 1. The van der Waals surface area contributed by atoms with E-state index in [0.717, 1.165) is 22.9 Å². The Labute approximate surface area is 114 Å². The van der Waals surface area contributed by atoms with Gasteiger partial charge in [-0.15, -0.1) is 0 Å². The van der Waals surface area contributed by atoms with E-state index in [9.17, 15) is 4.79 Å². The number of amides is 1. The van der Waals surface area contributed by atoms with Crippen LogP contribution in [0.25, 0.3) is 10.8 Å². The van der Waals surface area contributed by atoms with Crippen LogP contribution in [0.3, 0.4) is 0 Å². The van der Waals surface area contributed by atoms with Crippen molar-refractivity contribution in [2.75, 3.05) is 5.32 Å². The summed E-state index contributed by atoms with van der Waals surface area (Å²) in [5.74, 6) is 0.549. The lowest BCUT2D eigenvalue weighted by molar-refractivity contribution is -0.121. The van der Waals surface area contributed by atoms with Gasteiger partial charge >= 0.3 is 0 Å². The predicted octanol–water partition coefficient (Wildman–Crippen LogP) is 4.46. The van der Waals surface area contributed by atoms with Crippen LogP contribution in [0.2, 0.25) is 0 Å². The molecule has 19 heavy (non-hydrogen) atoms. The Kier molecular flexibility index (Phi) is 4.20. The number of nitrogens with one attached hydrogen (secondary N) is 1. The zero-order valence-electron chi connectivity index (χ0n) is 11.8. The van der Waals surface area contributed by atoms with Gasteiger partial charge in [0, 0.05) is 17.0 Å². The molecule has 0 radical (unpaired) electrons. The van der Waals surface area contributed by atoms with E-state index in [-0.39, 0.29) is 11.8 Å². The predicted molar refractivity (Wildman–Crippen MR) is 81.2 cm³/mol. The summed E-state index contributed by atoms with van der Waals surface area (Å²) >= 11 is 0. The van der Waals surface area contributed by atoms with E-state index in [1.165, 1.54) is 0 Å². The fourth-order valence-corrected chi connectivity index (χ4v) is 2.52. The SMILES string of the molecule is CCC(C(=O)Nc1cccc2ccccc12)C(C)C. The van der Waals surface area contributed by atoms with Gasteiger partial charge in [0.1, 0.15) is 0 Å². The number of hydrogen-bond acceptors (Lipinski definition) is 1. The Morgan fingerprint density at radius 1 is 1.11 bits per heavy atom.